The minimum absolute atomic E-state index is 0.0166. The molecular formula is C36H42O13P2S. The van der Waals surface area contributed by atoms with Crippen LogP contribution in [0, 0.1) is 0 Å². The monoisotopic (exact) mass is 776 g/mol. The molecule has 0 aromatic heterocycles. The van der Waals surface area contributed by atoms with Crippen molar-refractivity contribution in [1.29, 1.82) is 0 Å². The number of carbonyl (C=O) groups is 4. The topological polar surface area (TPSA) is 167 Å². The fourth-order valence-corrected chi connectivity index (χ4v) is 12.2. The molecule has 0 aliphatic heterocycles. The minimum Gasteiger partial charge on any atom is -0.493 e. The van der Waals surface area contributed by atoms with Crippen molar-refractivity contribution in [3.63, 3.8) is 0 Å². The highest BCUT2D eigenvalue weighted by atomic mass is 32.2. The van der Waals surface area contributed by atoms with Crippen LogP contribution < -0.4 is 9.47 Å². The zero-order valence-corrected chi connectivity index (χ0v) is 32.2. The van der Waals surface area contributed by atoms with E-state index in [-0.39, 0.29) is 58.3 Å². The molecule has 1 aliphatic rings. The van der Waals surface area contributed by atoms with Gasteiger partial charge in [0.15, 0.2) is 11.2 Å². The average Bonchev–Trinajstić information content (AvgIpc) is 3.15. The smallest absolute Gasteiger partial charge is 0.346 e. The Kier molecular flexibility index (Phi) is 15.0. The lowest BCUT2D eigenvalue weighted by atomic mass is 9.82. The van der Waals surface area contributed by atoms with Crippen molar-refractivity contribution in [2.45, 2.75) is 44.6 Å². The third-order valence-corrected chi connectivity index (χ3v) is 15.4. The van der Waals surface area contributed by atoms with Crippen LogP contribution in [0.2, 0.25) is 0 Å². The Morgan fingerprint density at radius 2 is 1.37 bits per heavy atom. The van der Waals surface area contributed by atoms with E-state index in [0.29, 0.717) is 12.2 Å². The van der Waals surface area contributed by atoms with Crippen LogP contribution in [0.25, 0.3) is 0 Å². The Morgan fingerprint density at radius 3 is 2.00 bits per heavy atom. The summed E-state index contributed by atoms with van der Waals surface area (Å²) in [6.07, 6.45) is 3.07. The molecule has 0 atom stereocenters. The number of carbonyl (C=O) groups excluding carboxylic acids is 4. The van der Waals surface area contributed by atoms with Crippen LogP contribution >= 0.6 is 27.0 Å². The molecule has 3 aromatic rings. The molecule has 4 rings (SSSR count). The largest absolute Gasteiger partial charge is 0.493 e. The molecule has 0 bridgehead atoms. The first-order valence-electron chi connectivity index (χ1n) is 16.4. The molecule has 0 saturated heterocycles. The summed E-state index contributed by atoms with van der Waals surface area (Å²) < 4.78 is 63.1. The van der Waals surface area contributed by atoms with Crippen LogP contribution in [0.4, 0.5) is 0 Å². The standard InChI is InChI=1S/C36H42O13P2S/c1-24(37)49-30-21-26(36(40)48-22-25-14-9-8-10-15-25)20-28-33(30)35(39)32-27(34(28)38)16-13-17-29(32)47-18-11-6-7-12-19-52-23-31(50(41,43-2)44-3)51(42,45-4)46-5/h8-10,13-17,20-21,31H,6-7,11-12,18-19,22-23H2,1-5H3. The lowest BCUT2D eigenvalue weighted by Gasteiger charge is -2.28. The van der Waals surface area contributed by atoms with E-state index in [4.69, 9.17) is 32.3 Å². The number of hydrogen-bond acceptors (Lipinski definition) is 14. The van der Waals surface area contributed by atoms with Crippen molar-refractivity contribution in [1.82, 2.24) is 0 Å². The summed E-state index contributed by atoms with van der Waals surface area (Å²) >= 11 is 1.43. The lowest BCUT2D eigenvalue weighted by molar-refractivity contribution is -0.131. The van der Waals surface area contributed by atoms with Gasteiger partial charge in [0.25, 0.3) is 0 Å². The summed E-state index contributed by atoms with van der Waals surface area (Å²) in [4.78, 5) is 52.7. The minimum atomic E-state index is -3.74. The van der Waals surface area contributed by atoms with E-state index in [9.17, 15) is 28.3 Å². The van der Waals surface area contributed by atoms with Crippen molar-refractivity contribution < 1.29 is 60.6 Å². The maximum Gasteiger partial charge on any atom is 0.346 e. The third kappa shape index (κ3) is 9.68. The first-order chi connectivity index (χ1) is 24.9. The van der Waals surface area contributed by atoms with Gasteiger partial charge in [0.1, 0.15) is 18.1 Å². The maximum absolute atomic E-state index is 13.9. The number of fused-ring (bicyclic) bond motifs is 2. The summed E-state index contributed by atoms with van der Waals surface area (Å²) in [5.41, 5.74) is 0.649. The Morgan fingerprint density at radius 1 is 0.731 bits per heavy atom. The van der Waals surface area contributed by atoms with E-state index in [1.807, 2.05) is 18.2 Å². The normalized spacial score (nSPS) is 12.7. The molecular weight excluding hydrogens is 734 g/mol. The molecule has 1 aliphatic carbocycles. The van der Waals surface area contributed by atoms with Gasteiger partial charge in [-0.1, -0.05) is 55.3 Å². The van der Waals surface area contributed by atoms with Gasteiger partial charge in [0.05, 0.1) is 23.3 Å². The number of hydrogen-bond donors (Lipinski definition) is 0. The summed E-state index contributed by atoms with van der Waals surface area (Å²) in [5.74, 6) is -1.75. The highest BCUT2D eigenvalue weighted by molar-refractivity contribution is 8.00. The van der Waals surface area contributed by atoms with Gasteiger partial charge in [-0.25, -0.2) is 4.79 Å². The Balaban J connectivity index is 1.37. The first kappa shape index (κ1) is 41.2. The molecule has 0 N–H and O–H groups in total. The number of esters is 2. The Hall–Kier alpha value is -3.61. The lowest BCUT2D eigenvalue weighted by Crippen LogP contribution is -2.24. The Labute approximate surface area is 307 Å². The molecule has 16 heteroatoms. The number of ketones is 2. The summed E-state index contributed by atoms with van der Waals surface area (Å²) in [6.45, 7) is 1.40. The second kappa shape index (κ2) is 18.9. The molecule has 0 spiro atoms. The van der Waals surface area contributed by atoms with E-state index < -0.39 is 44.1 Å². The fourth-order valence-electron chi connectivity index (χ4n) is 5.56. The molecule has 3 aromatic carbocycles. The summed E-state index contributed by atoms with van der Waals surface area (Å²) in [7, 11) is -2.59. The van der Waals surface area contributed by atoms with Crippen molar-refractivity contribution in [3.05, 3.63) is 94.0 Å². The first-order valence-corrected chi connectivity index (χ1v) is 20.7. The van der Waals surface area contributed by atoms with E-state index in [1.165, 1.54) is 58.4 Å². The van der Waals surface area contributed by atoms with E-state index in [0.717, 1.165) is 31.7 Å². The van der Waals surface area contributed by atoms with E-state index in [1.54, 1.807) is 24.3 Å². The van der Waals surface area contributed by atoms with E-state index >= 15 is 0 Å². The number of benzene rings is 3. The number of ether oxygens (including phenoxy) is 3. The zero-order valence-electron chi connectivity index (χ0n) is 29.6. The molecule has 0 heterocycles. The SMILES string of the molecule is COP(=O)(OC)C(CSCCCCCCOc1cccc2c1C(=O)c1c(OC(C)=O)cc(C(=O)OCc3ccccc3)cc1C2=O)P(=O)(OC)OC. The van der Waals surface area contributed by atoms with Crippen LogP contribution in [-0.2, 0) is 43.4 Å². The van der Waals surface area contributed by atoms with Gasteiger partial charge in [0.2, 0.25) is 5.78 Å². The highest BCUT2D eigenvalue weighted by Gasteiger charge is 2.49. The second-order valence-corrected chi connectivity index (χ2v) is 17.9. The third-order valence-electron chi connectivity index (χ3n) is 8.23. The summed E-state index contributed by atoms with van der Waals surface area (Å²) in [6, 6.07) is 16.3. The molecule has 0 fully saturated rings. The van der Waals surface area contributed by atoms with Crippen LogP contribution in [0.15, 0.2) is 60.7 Å². The number of unbranched alkanes of at least 4 members (excludes halogenated alkanes) is 3. The molecule has 52 heavy (non-hydrogen) atoms. The quantitative estimate of drug-likeness (QED) is 0.0370. The van der Waals surface area contributed by atoms with Gasteiger partial charge in [-0.15, -0.1) is 0 Å². The zero-order chi connectivity index (χ0) is 37.9. The van der Waals surface area contributed by atoms with Crippen molar-refractivity contribution in [2.75, 3.05) is 46.6 Å². The number of thioether (sulfide) groups is 1. The van der Waals surface area contributed by atoms with Crippen LogP contribution in [0.1, 0.15) is 80.4 Å². The maximum atomic E-state index is 13.9. The number of rotatable bonds is 20. The predicted molar refractivity (Wildman–Crippen MR) is 195 cm³/mol. The van der Waals surface area contributed by atoms with Gasteiger partial charge in [0, 0.05) is 52.2 Å². The predicted octanol–water partition coefficient (Wildman–Crippen LogP) is 7.71. The van der Waals surface area contributed by atoms with Gasteiger partial charge < -0.3 is 32.3 Å². The second-order valence-electron chi connectivity index (χ2n) is 11.5. The van der Waals surface area contributed by atoms with Crippen LogP contribution in [-0.4, -0.2) is 75.5 Å². The van der Waals surface area contributed by atoms with Gasteiger partial charge in [-0.05, 0) is 42.4 Å². The molecule has 0 unspecified atom stereocenters. The molecule has 0 radical (unpaired) electrons. The van der Waals surface area contributed by atoms with Gasteiger partial charge >= 0.3 is 27.1 Å². The van der Waals surface area contributed by atoms with Crippen molar-refractivity contribution in [3.8, 4) is 11.5 Å². The molecule has 280 valence electrons. The fraction of sp³-hybridized carbons (Fsp3) is 0.389. The van der Waals surface area contributed by atoms with E-state index in [2.05, 4.69) is 0 Å². The van der Waals surface area contributed by atoms with Gasteiger partial charge in [-0.2, -0.15) is 11.8 Å². The van der Waals surface area contributed by atoms with Crippen LogP contribution in [0.3, 0.4) is 0 Å². The average molecular weight is 777 g/mol. The van der Waals surface area contributed by atoms with Crippen LogP contribution in [0.5, 0.6) is 11.5 Å². The molecule has 0 amide bonds. The van der Waals surface area contributed by atoms with Crippen molar-refractivity contribution >= 4 is 50.5 Å². The Bertz CT molecular complexity index is 1820. The highest BCUT2D eigenvalue weighted by Crippen LogP contribution is 2.69. The van der Waals surface area contributed by atoms with Gasteiger partial charge in [-0.3, -0.25) is 23.5 Å². The molecule has 13 nitrogen and oxygen atoms in total. The molecule has 0 saturated carbocycles. The van der Waals surface area contributed by atoms with Crippen molar-refractivity contribution in [2.24, 2.45) is 0 Å². The summed E-state index contributed by atoms with van der Waals surface area (Å²) in [5, 5.41) is -1.09.